The molecule has 0 spiro atoms. The number of nitrogens with zero attached hydrogens (tertiary/aromatic N) is 3. The molecule has 0 saturated carbocycles. The minimum Gasteiger partial charge on any atom is -0.406 e. The van der Waals surface area contributed by atoms with E-state index in [4.69, 9.17) is 25.4 Å². The summed E-state index contributed by atoms with van der Waals surface area (Å²) in [6, 6.07) is 1.74. The molecule has 10 nitrogen and oxygen atoms in total. The van der Waals surface area contributed by atoms with Gasteiger partial charge in [0, 0.05) is 35.6 Å². The van der Waals surface area contributed by atoms with Gasteiger partial charge in [-0.1, -0.05) is 13.8 Å². The van der Waals surface area contributed by atoms with Crippen molar-refractivity contribution in [1.29, 1.82) is 0 Å². The zero-order chi connectivity index (χ0) is 22.9. The molecule has 0 atom stereocenters. The molecular weight excluding hydrogens is 433 g/mol. The van der Waals surface area contributed by atoms with Crippen LogP contribution in [0.25, 0.3) is 0 Å². The Morgan fingerprint density at radius 2 is 1.73 bits per heavy atom. The second-order valence-corrected chi connectivity index (χ2v) is 9.06. The Bertz CT molecular complexity index is 905. The highest BCUT2D eigenvalue weighted by molar-refractivity contribution is 8.07. The molecule has 1 aromatic rings. The highest BCUT2D eigenvalue weighted by Crippen LogP contribution is 2.49. The van der Waals surface area contributed by atoms with Crippen molar-refractivity contribution < 1.29 is 28.1 Å². The number of rotatable bonds is 8. The van der Waals surface area contributed by atoms with Gasteiger partial charge in [0.05, 0.1) is 24.2 Å². The SMILES string of the molecule is CCOP(=S)(OCC)Oc1cc(C)nc(C(C)C)n1.O=C1C=CC([N+](=O)[O-])=CC1=O. The Morgan fingerprint density at radius 3 is 2.20 bits per heavy atom. The number of aryl methyl sites for hydroxylation is 1. The molecule has 0 unspecified atom stereocenters. The normalized spacial score (nSPS) is 13.6. The fraction of sp³-hybridized carbons (Fsp3) is 0.444. The standard InChI is InChI=1S/C12H21N2O3PS.C6H3NO4/c1-6-15-18(19,16-7-2)17-11-8-10(5)13-12(14-11)9(3)4;8-5-2-1-4(7(10)11)3-6(5)9/h8-9H,6-7H2,1-5H3;1-3H. The van der Waals surface area contributed by atoms with E-state index in [0.717, 1.165) is 23.7 Å². The zero-order valence-corrected chi connectivity index (χ0v) is 19.1. The molecule has 164 valence electrons. The van der Waals surface area contributed by atoms with E-state index in [9.17, 15) is 19.7 Å². The summed E-state index contributed by atoms with van der Waals surface area (Å²) in [7, 11) is 0. The number of hydrogen-bond donors (Lipinski definition) is 0. The van der Waals surface area contributed by atoms with Gasteiger partial charge in [-0.15, -0.1) is 0 Å². The van der Waals surface area contributed by atoms with Crippen LogP contribution in [0.1, 0.15) is 45.1 Å². The number of ketones is 2. The number of allylic oxidation sites excluding steroid dienone is 3. The Morgan fingerprint density at radius 1 is 1.13 bits per heavy atom. The van der Waals surface area contributed by atoms with Gasteiger partial charge in [-0.2, -0.15) is 4.98 Å². The Labute approximate surface area is 179 Å². The van der Waals surface area contributed by atoms with Crippen LogP contribution in [-0.4, -0.2) is 39.7 Å². The predicted octanol–water partition coefficient (Wildman–Crippen LogP) is 3.44. The lowest BCUT2D eigenvalue weighted by Crippen LogP contribution is -2.14. The van der Waals surface area contributed by atoms with Gasteiger partial charge in [-0.3, -0.25) is 28.8 Å². The maximum absolute atomic E-state index is 10.5. The number of nitro groups is 1. The summed E-state index contributed by atoms with van der Waals surface area (Å²) in [5.41, 5.74) is 0.484. The summed E-state index contributed by atoms with van der Waals surface area (Å²) in [5, 5.41) is 10.0. The molecule has 30 heavy (non-hydrogen) atoms. The second-order valence-electron chi connectivity index (χ2n) is 6.12. The topological polar surface area (TPSA) is 131 Å². The summed E-state index contributed by atoms with van der Waals surface area (Å²) >= 11 is 5.32. The van der Waals surface area contributed by atoms with Crippen LogP contribution < -0.4 is 4.52 Å². The van der Waals surface area contributed by atoms with Gasteiger partial charge in [0.2, 0.25) is 17.4 Å². The predicted molar refractivity (Wildman–Crippen MR) is 113 cm³/mol. The summed E-state index contributed by atoms with van der Waals surface area (Å²) in [5.74, 6) is -0.208. The second kappa shape index (κ2) is 11.8. The van der Waals surface area contributed by atoms with Crippen molar-refractivity contribution in [2.45, 2.75) is 40.5 Å². The van der Waals surface area contributed by atoms with Crippen molar-refractivity contribution in [2.75, 3.05) is 13.2 Å². The van der Waals surface area contributed by atoms with Crippen LogP contribution in [0, 0.1) is 17.0 Å². The lowest BCUT2D eigenvalue weighted by Gasteiger charge is -2.20. The molecule has 0 aromatic carbocycles. The maximum atomic E-state index is 10.5. The van der Waals surface area contributed by atoms with Crippen LogP contribution in [0.3, 0.4) is 0 Å². The van der Waals surface area contributed by atoms with Gasteiger partial charge in [0.25, 0.3) is 5.70 Å². The largest absolute Gasteiger partial charge is 0.406 e. The number of carbonyl (C=O) groups is 2. The molecule has 0 radical (unpaired) electrons. The van der Waals surface area contributed by atoms with E-state index < -0.39 is 23.2 Å². The third-order valence-electron chi connectivity index (χ3n) is 3.28. The zero-order valence-electron chi connectivity index (χ0n) is 17.4. The van der Waals surface area contributed by atoms with Gasteiger partial charge in [0.15, 0.2) is 0 Å². The summed E-state index contributed by atoms with van der Waals surface area (Å²) < 4.78 is 16.6. The minimum absolute atomic E-state index is 0.222. The molecule has 0 fully saturated rings. The third kappa shape index (κ3) is 8.19. The third-order valence-corrected chi connectivity index (χ3v) is 5.70. The van der Waals surface area contributed by atoms with E-state index >= 15 is 0 Å². The molecule has 1 heterocycles. The smallest absolute Gasteiger partial charge is 0.381 e. The Hall–Kier alpha value is -2.33. The first kappa shape index (κ1) is 25.7. The molecule has 0 aliphatic heterocycles. The number of hydrogen-bond acceptors (Lipinski definition) is 10. The molecule has 0 amide bonds. The van der Waals surface area contributed by atoms with Gasteiger partial charge >= 0.3 is 6.72 Å². The molecule has 0 bridgehead atoms. The van der Waals surface area contributed by atoms with E-state index in [1.54, 1.807) is 6.07 Å². The minimum atomic E-state index is -2.77. The van der Waals surface area contributed by atoms with Crippen LogP contribution >= 0.6 is 6.72 Å². The maximum Gasteiger partial charge on any atom is 0.381 e. The van der Waals surface area contributed by atoms with Crippen molar-refractivity contribution in [3.05, 3.63) is 51.6 Å². The van der Waals surface area contributed by atoms with E-state index in [2.05, 4.69) is 9.97 Å². The lowest BCUT2D eigenvalue weighted by molar-refractivity contribution is -0.419. The lowest BCUT2D eigenvalue weighted by atomic mass is 10.1. The quantitative estimate of drug-likeness (QED) is 0.188. The molecule has 12 heteroatoms. The first-order valence-electron chi connectivity index (χ1n) is 9.08. The fourth-order valence-electron chi connectivity index (χ4n) is 2.00. The van der Waals surface area contributed by atoms with Crippen LogP contribution in [-0.2, 0) is 30.4 Å². The monoisotopic (exact) mass is 457 g/mol. The Kier molecular flexibility index (Phi) is 10.1. The molecule has 1 aromatic heterocycles. The van der Waals surface area contributed by atoms with Gasteiger partial charge in [0.1, 0.15) is 5.82 Å². The number of aromatic nitrogens is 2. The first-order chi connectivity index (χ1) is 14.0. The van der Waals surface area contributed by atoms with E-state index in [1.165, 1.54) is 0 Å². The van der Waals surface area contributed by atoms with Crippen LogP contribution in [0.2, 0.25) is 0 Å². The van der Waals surface area contributed by atoms with Crippen molar-refractivity contribution >= 4 is 30.1 Å². The van der Waals surface area contributed by atoms with Crippen LogP contribution in [0.5, 0.6) is 5.88 Å². The Balaban J connectivity index is 0.000000346. The first-order valence-corrected chi connectivity index (χ1v) is 11.6. The van der Waals surface area contributed by atoms with E-state index in [-0.39, 0.29) is 11.6 Å². The molecule has 1 aliphatic rings. The highest BCUT2D eigenvalue weighted by Gasteiger charge is 2.23. The molecular formula is C18H24N3O7PS. The van der Waals surface area contributed by atoms with Gasteiger partial charge in [-0.25, -0.2) is 4.98 Å². The molecule has 0 saturated heterocycles. The van der Waals surface area contributed by atoms with Crippen molar-refractivity contribution in [3.63, 3.8) is 0 Å². The summed E-state index contributed by atoms with van der Waals surface area (Å²) in [6.07, 6.45) is 2.60. The average Bonchev–Trinajstić information content (AvgIpc) is 2.64. The fourth-order valence-corrected chi connectivity index (χ4v) is 3.99. The van der Waals surface area contributed by atoms with Gasteiger partial charge in [-0.05, 0) is 26.8 Å². The average molecular weight is 457 g/mol. The van der Waals surface area contributed by atoms with Crippen molar-refractivity contribution in [3.8, 4) is 5.88 Å². The summed E-state index contributed by atoms with van der Waals surface area (Å²) in [6.45, 7) is 7.78. The van der Waals surface area contributed by atoms with Crippen molar-refractivity contribution in [1.82, 2.24) is 9.97 Å². The van der Waals surface area contributed by atoms with E-state index in [1.807, 2.05) is 34.6 Å². The number of carbonyl (C=O) groups excluding carboxylic acids is 2. The molecule has 0 N–H and O–H groups in total. The van der Waals surface area contributed by atoms with Crippen LogP contribution in [0.15, 0.2) is 30.0 Å². The van der Waals surface area contributed by atoms with Crippen molar-refractivity contribution in [2.24, 2.45) is 0 Å². The van der Waals surface area contributed by atoms with Crippen LogP contribution in [0.4, 0.5) is 0 Å². The summed E-state index contributed by atoms with van der Waals surface area (Å²) in [4.78, 5) is 39.0. The van der Waals surface area contributed by atoms with E-state index in [0.29, 0.717) is 25.2 Å². The van der Waals surface area contributed by atoms with Gasteiger partial charge < -0.3 is 4.52 Å². The highest BCUT2D eigenvalue weighted by atomic mass is 32.5. The molecule has 1 aliphatic carbocycles. The molecule has 2 rings (SSSR count).